The Morgan fingerprint density at radius 2 is 0.532 bits per heavy atom. The van der Waals surface area contributed by atoms with Crippen molar-refractivity contribution in [2.75, 3.05) is 4.90 Å². The number of hydrogen-bond donors (Lipinski definition) is 3. The molecular weight excluding hydrogens is 602 g/mol. The van der Waals surface area contributed by atoms with Crippen molar-refractivity contribution in [3.05, 3.63) is 69.8 Å². The van der Waals surface area contributed by atoms with Crippen molar-refractivity contribution < 1.29 is 15.3 Å². The zero-order chi connectivity index (χ0) is 35.7. The molecule has 0 saturated carbocycles. The number of nitrogens with zero attached hydrogens (tertiary/aromatic N) is 1. The topological polar surface area (TPSA) is 63.9 Å². The highest BCUT2D eigenvalue weighted by Crippen LogP contribution is 2.54. The summed E-state index contributed by atoms with van der Waals surface area (Å²) in [6.45, 7) is 38.5. The van der Waals surface area contributed by atoms with Crippen LogP contribution in [0.5, 0.6) is 17.2 Å². The zero-order valence-corrected chi connectivity index (χ0v) is 33.5. The molecule has 0 radical (unpaired) electrons. The molecule has 3 N–H and O–H groups in total. The summed E-state index contributed by atoms with van der Waals surface area (Å²) >= 11 is 0. The van der Waals surface area contributed by atoms with E-state index in [0.29, 0.717) is 17.1 Å². The van der Waals surface area contributed by atoms with Gasteiger partial charge in [-0.15, -0.1) is 12.4 Å². The number of phenolic OH excluding ortho intramolecular Hbond substituents is 3. The van der Waals surface area contributed by atoms with E-state index < -0.39 is 0 Å². The Kier molecular flexibility index (Phi) is 10.8. The van der Waals surface area contributed by atoms with Crippen LogP contribution in [0.2, 0.25) is 0 Å². The Labute approximate surface area is 293 Å². The average Bonchev–Trinajstić information content (AvgIpc) is 2.82. The second-order valence-corrected chi connectivity index (χ2v) is 19.5. The summed E-state index contributed by atoms with van der Waals surface area (Å²) in [5.41, 5.74) is 5.38. The van der Waals surface area contributed by atoms with Gasteiger partial charge in [0.2, 0.25) is 0 Å². The molecule has 0 amide bonds. The third-order valence-electron chi connectivity index (χ3n) is 9.01. The molecule has 0 unspecified atom stereocenters. The van der Waals surface area contributed by atoms with E-state index >= 15 is 0 Å². The first kappa shape index (κ1) is 40.3. The van der Waals surface area contributed by atoms with Gasteiger partial charge in [-0.25, -0.2) is 0 Å². The Morgan fingerprint density at radius 1 is 0.340 bits per heavy atom. The molecule has 3 rings (SSSR count). The first-order chi connectivity index (χ1) is 20.4. The molecule has 0 fully saturated rings. The van der Waals surface area contributed by atoms with E-state index in [1.165, 1.54) is 0 Å². The van der Waals surface area contributed by atoms with Gasteiger partial charge in [-0.2, -0.15) is 0 Å². The van der Waals surface area contributed by atoms with Crippen molar-refractivity contribution in [3.8, 4) is 17.2 Å². The van der Waals surface area contributed by atoms with E-state index in [9.17, 15) is 15.3 Å². The number of hydrogen-bond acceptors (Lipinski definition) is 4. The van der Waals surface area contributed by atoms with Crippen molar-refractivity contribution in [1.82, 2.24) is 0 Å². The second-order valence-electron chi connectivity index (χ2n) is 19.5. The van der Waals surface area contributed by atoms with Crippen LogP contribution in [0.1, 0.15) is 158 Å². The molecule has 3 aromatic rings. The lowest BCUT2D eigenvalue weighted by molar-refractivity contribution is 0.439. The number of anilines is 3. The van der Waals surface area contributed by atoms with Crippen molar-refractivity contribution in [1.29, 1.82) is 0 Å². The molecule has 4 nitrogen and oxygen atoms in total. The molecule has 262 valence electrons. The minimum Gasteiger partial charge on any atom is -0.505 e. The molecule has 0 bridgehead atoms. The summed E-state index contributed by atoms with van der Waals surface area (Å²) in [5, 5.41) is 36.9. The van der Waals surface area contributed by atoms with E-state index in [1.54, 1.807) is 0 Å². The number of halogens is 1. The number of aromatic hydroxyl groups is 3. The van der Waals surface area contributed by atoms with Crippen LogP contribution in [0, 0.1) is 0 Å². The molecule has 5 heteroatoms. The molecule has 0 aromatic heterocycles. The minimum atomic E-state index is -0.372. The van der Waals surface area contributed by atoms with Gasteiger partial charge in [-0.1, -0.05) is 143 Å². The fourth-order valence-corrected chi connectivity index (χ4v) is 5.77. The average molecular weight is 666 g/mol. The molecule has 0 heterocycles. The number of benzene rings is 3. The highest BCUT2D eigenvalue weighted by Gasteiger charge is 2.35. The second kappa shape index (κ2) is 12.6. The molecule has 0 aliphatic carbocycles. The molecule has 47 heavy (non-hydrogen) atoms. The number of phenols is 3. The molecule has 3 aromatic carbocycles. The predicted molar refractivity (Wildman–Crippen MR) is 206 cm³/mol. The Bertz CT molecular complexity index is 1420. The zero-order valence-electron chi connectivity index (χ0n) is 32.7. The monoisotopic (exact) mass is 665 g/mol. The van der Waals surface area contributed by atoms with E-state index in [2.05, 4.69) is 143 Å². The lowest BCUT2D eigenvalue weighted by Crippen LogP contribution is -2.23. The fourth-order valence-electron chi connectivity index (χ4n) is 5.77. The summed E-state index contributed by atoms with van der Waals surface area (Å²) in [6, 6.07) is 12.4. The van der Waals surface area contributed by atoms with Crippen LogP contribution in [-0.4, -0.2) is 15.3 Å². The molecule has 0 atom stereocenters. The third kappa shape index (κ3) is 8.42. The maximum Gasteiger partial charge on any atom is 0.143 e. The van der Waals surface area contributed by atoms with Gasteiger partial charge in [-0.05, 0) is 67.4 Å². The summed E-state index contributed by atoms with van der Waals surface area (Å²) in [4.78, 5) is 1.92. The van der Waals surface area contributed by atoms with Crippen molar-refractivity contribution in [3.63, 3.8) is 0 Å². The molecule has 0 spiro atoms. The summed E-state index contributed by atoms with van der Waals surface area (Å²) < 4.78 is 0. The maximum atomic E-state index is 12.3. The summed E-state index contributed by atoms with van der Waals surface area (Å²) in [6.07, 6.45) is 0. The van der Waals surface area contributed by atoms with E-state index in [4.69, 9.17) is 0 Å². The lowest BCUT2D eigenvalue weighted by atomic mass is 9.78. The standard InChI is InChI=1S/C42H63NO3.ClH/c1-37(2,3)25-19-28(40(10,11)12)34(44)31(22-25)43(32-23-26(38(4,5)6)20-29(35(32)45)41(13,14)15)33-24-27(39(7,8)9)21-30(36(33)46)42(16,17)18;/h19-24,44-46H,1-18H3;1H. The Hall–Kier alpha value is -2.85. The highest BCUT2D eigenvalue weighted by atomic mass is 35.5. The van der Waals surface area contributed by atoms with Gasteiger partial charge in [0.25, 0.3) is 0 Å². The van der Waals surface area contributed by atoms with E-state index in [-0.39, 0.29) is 62.1 Å². The molecule has 0 aliphatic rings. The Morgan fingerprint density at radius 3 is 0.681 bits per heavy atom. The minimum absolute atomic E-state index is 0. The smallest absolute Gasteiger partial charge is 0.143 e. The fraction of sp³-hybridized carbons (Fsp3) is 0.571. The summed E-state index contributed by atoms with van der Waals surface area (Å²) in [7, 11) is 0. The summed E-state index contributed by atoms with van der Waals surface area (Å²) in [5.74, 6) is 0.406. The van der Waals surface area contributed by atoms with Crippen LogP contribution < -0.4 is 4.90 Å². The third-order valence-corrected chi connectivity index (χ3v) is 9.01. The predicted octanol–water partition coefficient (Wildman–Crippen LogP) is 12.5. The lowest BCUT2D eigenvalue weighted by Gasteiger charge is -2.36. The van der Waals surface area contributed by atoms with Crippen molar-refractivity contribution in [2.24, 2.45) is 0 Å². The van der Waals surface area contributed by atoms with Crippen LogP contribution >= 0.6 is 12.4 Å². The Balaban J connectivity index is 0.00000768. The van der Waals surface area contributed by atoms with Crippen molar-refractivity contribution in [2.45, 2.75) is 157 Å². The molecule has 0 aliphatic heterocycles. The van der Waals surface area contributed by atoms with Gasteiger partial charge in [-0.3, -0.25) is 4.90 Å². The van der Waals surface area contributed by atoms with Gasteiger partial charge in [0.05, 0.1) is 17.1 Å². The maximum absolute atomic E-state index is 12.3. The van der Waals surface area contributed by atoms with Crippen LogP contribution in [0.25, 0.3) is 0 Å². The van der Waals surface area contributed by atoms with Gasteiger partial charge in [0, 0.05) is 16.7 Å². The van der Waals surface area contributed by atoms with Gasteiger partial charge >= 0.3 is 0 Å². The van der Waals surface area contributed by atoms with Crippen LogP contribution in [0.4, 0.5) is 17.1 Å². The van der Waals surface area contributed by atoms with Crippen LogP contribution in [0.3, 0.4) is 0 Å². The largest absolute Gasteiger partial charge is 0.505 e. The van der Waals surface area contributed by atoms with E-state index in [0.717, 1.165) is 33.4 Å². The first-order valence-electron chi connectivity index (χ1n) is 16.8. The SMILES string of the molecule is CC(C)(C)c1cc(N(c2cc(C(C)(C)C)cc(C(C)(C)C)c2O)c2cc(C(C)(C)C)cc(C(C)(C)C)c2O)c(O)c(C(C)(C)C)c1.Cl. The molecular formula is C42H64ClNO3. The van der Waals surface area contributed by atoms with Crippen molar-refractivity contribution >= 4 is 29.5 Å². The normalized spacial score (nSPS) is 13.4. The van der Waals surface area contributed by atoms with Crippen LogP contribution in [0.15, 0.2) is 36.4 Å². The first-order valence-corrected chi connectivity index (χ1v) is 16.8. The van der Waals surface area contributed by atoms with E-state index in [1.807, 2.05) is 23.1 Å². The number of rotatable bonds is 3. The quantitative estimate of drug-likeness (QED) is 0.260. The van der Waals surface area contributed by atoms with Gasteiger partial charge in [0.15, 0.2) is 0 Å². The highest BCUT2D eigenvalue weighted by molar-refractivity contribution is 5.89. The molecule has 0 saturated heterocycles. The van der Waals surface area contributed by atoms with Gasteiger partial charge in [0.1, 0.15) is 17.2 Å². The van der Waals surface area contributed by atoms with Crippen LogP contribution in [-0.2, 0) is 32.5 Å². The van der Waals surface area contributed by atoms with Gasteiger partial charge < -0.3 is 15.3 Å².